The summed E-state index contributed by atoms with van der Waals surface area (Å²) in [5, 5.41) is 0. The molecule has 1 aromatic rings. The van der Waals surface area contributed by atoms with Crippen LogP contribution in [0.4, 0.5) is 0 Å². The summed E-state index contributed by atoms with van der Waals surface area (Å²) in [5.74, 6) is -0.250. The molecule has 0 heterocycles. The lowest BCUT2D eigenvalue weighted by atomic mass is 9.92. The van der Waals surface area contributed by atoms with Crippen LogP contribution < -0.4 is 5.73 Å². The average molecular weight is 275 g/mol. The van der Waals surface area contributed by atoms with Gasteiger partial charge in [-0.3, -0.25) is 4.79 Å². The van der Waals surface area contributed by atoms with Crippen LogP contribution in [0.2, 0.25) is 0 Å². The molecule has 0 saturated heterocycles. The summed E-state index contributed by atoms with van der Waals surface area (Å²) in [7, 11) is 0. The molecule has 2 rings (SSSR count). The van der Waals surface area contributed by atoms with Crippen molar-refractivity contribution in [2.75, 3.05) is 0 Å². The van der Waals surface area contributed by atoms with Crippen LogP contribution in [0, 0.1) is 5.92 Å². The summed E-state index contributed by atoms with van der Waals surface area (Å²) in [6.45, 7) is 0.350. The van der Waals surface area contributed by atoms with Gasteiger partial charge >= 0.3 is 5.97 Å². The van der Waals surface area contributed by atoms with Gasteiger partial charge < -0.3 is 10.5 Å². The molecule has 0 aromatic heterocycles. The molecule has 3 heteroatoms. The molecule has 0 radical (unpaired) electrons. The Balaban J connectivity index is 1.88. The molecule has 0 amide bonds. The SMILES string of the molecule is NC1CCCCCCCC1C(=O)OCc1ccccc1. The molecule has 0 bridgehead atoms. The molecule has 3 nitrogen and oxygen atoms in total. The number of carbonyl (C=O) groups excluding carboxylic acids is 1. The van der Waals surface area contributed by atoms with Crippen molar-refractivity contribution in [2.45, 2.75) is 57.6 Å². The number of esters is 1. The molecule has 0 spiro atoms. The van der Waals surface area contributed by atoms with Gasteiger partial charge in [0.15, 0.2) is 0 Å². The van der Waals surface area contributed by atoms with Crippen molar-refractivity contribution < 1.29 is 9.53 Å². The van der Waals surface area contributed by atoms with E-state index in [9.17, 15) is 4.79 Å². The third kappa shape index (κ3) is 4.64. The molecule has 1 fully saturated rings. The Morgan fingerprint density at radius 3 is 2.45 bits per heavy atom. The second-order valence-electron chi connectivity index (χ2n) is 5.71. The first kappa shape index (κ1) is 15.0. The number of hydrogen-bond donors (Lipinski definition) is 1. The molecule has 2 unspecified atom stereocenters. The predicted octanol–water partition coefficient (Wildman–Crippen LogP) is 3.42. The monoisotopic (exact) mass is 275 g/mol. The molecule has 1 aromatic carbocycles. The fraction of sp³-hybridized carbons (Fsp3) is 0.588. The van der Waals surface area contributed by atoms with Crippen LogP contribution in [0.25, 0.3) is 0 Å². The second-order valence-corrected chi connectivity index (χ2v) is 5.71. The molecule has 0 aliphatic heterocycles. The van der Waals surface area contributed by atoms with E-state index in [1.54, 1.807) is 0 Å². The average Bonchev–Trinajstić information content (AvgIpc) is 2.58. The van der Waals surface area contributed by atoms with Gasteiger partial charge in [-0.05, 0) is 18.4 Å². The number of rotatable bonds is 3. The van der Waals surface area contributed by atoms with Crippen molar-refractivity contribution in [3.63, 3.8) is 0 Å². The quantitative estimate of drug-likeness (QED) is 0.860. The van der Waals surface area contributed by atoms with Gasteiger partial charge in [-0.2, -0.15) is 0 Å². The molecule has 1 saturated carbocycles. The zero-order valence-electron chi connectivity index (χ0n) is 12.1. The third-order valence-corrected chi connectivity index (χ3v) is 4.10. The summed E-state index contributed by atoms with van der Waals surface area (Å²) >= 11 is 0. The minimum absolute atomic E-state index is 0.0450. The van der Waals surface area contributed by atoms with Gasteiger partial charge in [0.25, 0.3) is 0 Å². The normalized spacial score (nSPS) is 24.2. The molecule has 20 heavy (non-hydrogen) atoms. The lowest BCUT2D eigenvalue weighted by Gasteiger charge is -2.21. The zero-order valence-corrected chi connectivity index (χ0v) is 12.1. The van der Waals surface area contributed by atoms with E-state index in [4.69, 9.17) is 10.5 Å². The van der Waals surface area contributed by atoms with Crippen molar-refractivity contribution >= 4 is 5.97 Å². The summed E-state index contributed by atoms with van der Waals surface area (Å²) in [5.41, 5.74) is 7.21. The maximum atomic E-state index is 12.3. The van der Waals surface area contributed by atoms with Gasteiger partial charge in [-0.25, -0.2) is 0 Å². The van der Waals surface area contributed by atoms with E-state index in [0.29, 0.717) is 6.61 Å². The Bertz CT molecular complexity index is 405. The Morgan fingerprint density at radius 2 is 1.70 bits per heavy atom. The minimum Gasteiger partial charge on any atom is -0.461 e. The van der Waals surface area contributed by atoms with Crippen LogP contribution in [0.1, 0.15) is 50.5 Å². The van der Waals surface area contributed by atoms with Crippen molar-refractivity contribution in [3.05, 3.63) is 35.9 Å². The first-order valence-electron chi connectivity index (χ1n) is 7.73. The number of nitrogens with two attached hydrogens (primary N) is 1. The lowest BCUT2D eigenvalue weighted by molar-refractivity contribution is -0.151. The van der Waals surface area contributed by atoms with Gasteiger partial charge in [0.1, 0.15) is 6.61 Å². The van der Waals surface area contributed by atoms with Crippen LogP contribution in [0.5, 0.6) is 0 Å². The standard InChI is InChI=1S/C17H25NO2/c18-16-12-8-3-1-2-7-11-15(16)17(19)20-13-14-9-5-4-6-10-14/h4-6,9-10,15-16H,1-3,7-8,11-13,18H2. The van der Waals surface area contributed by atoms with Crippen molar-refractivity contribution in [1.82, 2.24) is 0 Å². The van der Waals surface area contributed by atoms with Crippen LogP contribution in [-0.4, -0.2) is 12.0 Å². The fourth-order valence-corrected chi connectivity index (χ4v) is 2.82. The zero-order chi connectivity index (χ0) is 14.2. The Kier molecular flexibility index (Phi) is 6.06. The van der Waals surface area contributed by atoms with Gasteiger partial charge in [-0.1, -0.05) is 62.4 Å². The van der Waals surface area contributed by atoms with Crippen molar-refractivity contribution in [1.29, 1.82) is 0 Å². The Labute approximate surface area is 121 Å². The van der Waals surface area contributed by atoms with Gasteiger partial charge in [-0.15, -0.1) is 0 Å². The molecule has 1 aliphatic carbocycles. The maximum absolute atomic E-state index is 12.3. The van der Waals surface area contributed by atoms with E-state index < -0.39 is 0 Å². The molecular weight excluding hydrogens is 250 g/mol. The largest absolute Gasteiger partial charge is 0.461 e. The molecule has 110 valence electrons. The number of ether oxygens (including phenoxy) is 1. The highest BCUT2D eigenvalue weighted by Gasteiger charge is 2.27. The highest BCUT2D eigenvalue weighted by molar-refractivity contribution is 5.73. The van der Waals surface area contributed by atoms with E-state index in [2.05, 4.69) is 0 Å². The second kappa shape index (κ2) is 8.05. The van der Waals surface area contributed by atoms with Crippen LogP contribution in [0.15, 0.2) is 30.3 Å². The Morgan fingerprint density at radius 1 is 1.05 bits per heavy atom. The van der Waals surface area contributed by atoms with E-state index in [1.807, 2.05) is 30.3 Å². The summed E-state index contributed by atoms with van der Waals surface area (Å²) < 4.78 is 5.46. The van der Waals surface area contributed by atoms with Gasteiger partial charge in [0.05, 0.1) is 5.92 Å². The van der Waals surface area contributed by atoms with Crippen LogP contribution >= 0.6 is 0 Å². The molecule has 2 atom stereocenters. The van der Waals surface area contributed by atoms with Gasteiger partial charge in [0, 0.05) is 6.04 Å². The summed E-state index contributed by atoms with van der Waals surface area (Å²) in [6.07, 6.45) is 7.72. The Hall–Kier alpha value is -1.35. The topological polar surface area (TPSA) is 52.3 Å². The predicted molar refractivity (Wildman–Crippen MR) is 80.0 cm³/mol. The lowest BCUT2D eigenvalue weighted by Crippen LogP contribution is -2.36. The highest BCUT2D eigenvalue weighted by Crippen LogP contribution is 2.22. The first-order valence-corrected chi connectivity index (χ1v) is 7.73. The van der Waals surface area contributed by atoms with Crippen LogP contribution in [-0.2, 0) is 16.1 Å². The molecule has 1 aliphatic rings. The summed E-state index contributed by atoms with van der Waals surface area (Å²) in [6, 6.07) is 9.76. The van der Waals surface area contributed by atoms with Crippen LogP contribution in [0.3, 0.4) is 0 Å². The number of carbonyl (C=O) groups is 1. The van der Waals surface area contributed by atoms with Crippen molar-refractivity contribution in [2.24, 2.45) is 11.7 Å². The molecular formula is C17H25NO2. The highest BCUT2D eigenvalue weighted by atomic mass is 16.5. The van der Waals surface area contributed by atoms with E-state index in [-0.39, 0.29) is 17.9 Å². The smallest absolute Gasteiger partial charge is 0.310 e. The maximum Gasteiger partial charge on any atom is 0.310 e. The number of hydrogen-bond acceptors (Lipinski definition) is 3. The summed E-state index contributed by atoms with van der Waals surface area (Å²) in [4.78, 5) is 12.3. The van der Waals surface area contributed by atoms with E-state index in [1.165, 1.54) is 19.3 Å². The fourth-order valence-electron chi connectivity index (χ4n) is 2.82. The minimum atomic E-state index is -0.128. The third-order valence-electron chi connectivity index (χ3n) is 4.10. The van der Waals surface area contributed by atoms with Crippen molar-refractivity contribution in [3.8, 4) is 0 Å². The van der Waals surface area contributed by atoms with Gasteiger partial charge in [0.2, 0.25) is 0 Å². The van der Waals surface area contributed by atoms with E-state index >= 15 is 0 Å². The molecule has 2 N–H and O–H groups in total. The number of benzene rings is 1. The first-order chi connectivity index (χ1) is 9.77. The van der Waals surface area contributed by atoms with E-state index in [0.717, 1.165) is 31.2 Å².